The Kier molecular flexibility index (Phi) is 6.47. The van der Waals surface area contributed by atoms with Gasteiger partial charge < -0.3 is 9.47 Å². The number of halogens is 1. The third kappa shape index (κ3) is 4.65. The monoisotopic (exact) mass is 436 g/mol. The molecular weight excluding hydrogens is 411 g/mol. The number of methoxy groups -OCH3 is 2. The molecule has 30 heavy (non-hydrogen) atoms. The van der Waals surface area contributed by atoms with Crippen molar-refractivity contribution in [2.24, 2.45) is 5.92 Å². The average molecular weight is 437 g/mol. The quantitative estimate of drug-likeness (QED) is 0.500. The van der Waals surface area contributed by atoms with Gasteiger partial charge in [-0.1, -0.05) is 13.0 Å². The van der Waals surface area contributed by atoms with Gasteiger partial charge in [-0.25, -0.2) is 9.18 Å². The molecule has 8 heteroatoms. The highest BCUT2D eigenvalue weighted by atomic mass is 32.2. The van der Waals surface area contributed by atoms with Gasteiger partial charge in [-0.2, -0.15) is 8.42 Å². The van der Waals surface area contributed by atoms with Gasteiger partial charge in [0, 0.05) is 11.5 Å². The van der Waals surface area contributed by atoms with Crippen molar-refractivity contribution >= 4 is 16.1 Å². The minimum absolute atomic E-state index is 0.0667. The Balaban J connectivity index is 2.21. The van der Waals surface area contributed by atoms with E-state index < -0.39 is 28.0 Å². The molecule has 1 saturated carbocycles. The first-order valence-corrected chi connectivity index (χ1v) is 11.4. The lowest BCUT2D eigenvalue weighted by atomic mass is 9.83. The summed E-state index contributed by atoms with van der Waals surface area (Å²) in [5.41, 5.74) is 1.80. The Morgan fingerprint density at radius 1 is 1.07 bits per heavy atom. The molecule has 3 unspecified atom stereocenters. The summed E-state index contributed by atoms with van der Waals surface area (Å²) in [6.45, 7) is 1.99. The van der Waals surface area contributed by atoms with Crippen molar-refractivity contribution in [3.63, 3.8) is 0 Å². The molecule has 0 heterocycles. The van der Waals surface area contributed by atoms with Crippen molar-refractivity contribution in [2.45, 2.75) is 31.8 Å². The molecule has 162 valence electrons. The summed E-state index contributed by atoms with van der Waals surface area (Å²) in [4.78, 5) is 12.1. The zero-order chi connectivity index (χ0) is 22.1. The van der Waals surface area contributed by atoms with Crippen LogP contribution in [0.2, 0.25) is 0 Å². The van der Waals surface area contributed by atoms with Crippen molar-refractivity contribution < 1.29 is 31.3 Å². The highest BCUT2D eigenvalue weighted by molar-refractivity contribution is 7.86. The van der Waals surface area contributed by atoms with Crippen molar-refractivity contribution in [3.8, 4) is 16.9 Å². The molecule has 0 spiro atoms. The highest BCUT2D eigenvalue weighted by Crippen LogP contribution is 2.46. The molecule has 2 aromatic rings. The summed E-state index contributed by atoms with van der Waals surface area (Å²) < 4.78 is 53.8. The number of carbonyl (C=O) groups excluding carboxylic acids is 1. The molecule has 0 aromatic heterocycles. The molecule has 0 amide bonds. The maximum atomic E-state index is 14.8. The zero-order valence-electron chi connectivity index (χ0n) is 17.3. The number of hydrogen-bond donors (Lipinski definition) is 0. The molecule has 0 bridgehead atoms. The van der Waals surface area contributed by atoms with E-state index in [0.717, 1.165) is 12.7 Å². The lowest BCUT2D eigenvalue weighted by Gasteiger charge is -2.26. The van der Waals surface area contributed by atoms with Gasteiger partial charge in [0.15, 0.2) is 0 Å². The first-order chi connectivity index (χ1) is 14.1. The summed E-state index contributed by atoms with van der Waals surface area (Å²) in [7, 11) is -0.909. The van der Waals surface area contributed by atoms with E-state index >= 15 is 0 Å². The largest absolute Gasteiger partial charge is 0.497 e. The normalized spacial score (nSPS) is 21.4. The van der Waals surface area contributed by atoms with Crippen LogP contribution in [-0.2, 0) is 19.0 Å². The third-order valence-corrected chi connectivity index (χ3v) is 6.11. The van der Waals surface area contributed by atoms with Crippen LogP contribution in [0.25, 0.3) is 11.1 Å². The molecule has 0 aliphatic heterocycles. The van der Waals surface area contributed by atoms with Gasteiger partial charge in [0.1, 0.15) is 11.6 Å². The van der Waals surface area contributed by atoms with Gasteiger partial charge in [0.2, 0.25) is 0 Å². The number of esters is 1. The van der Waals surface area contributed by atoms with Crippen LogP contribution in [0.15, 0.2) is 36.4 Å². The van der Waals surface area contributed by atoms with E-state index in [9.17, 15) is 17.6 Å². The van der Waals surface area contributed by atoms with E-state index in [-0.39, 0.29) is 11.8 Å². The number of ether oxygens (including phenoxy) is 2. The summed E-state index contributed by atoms with van der Waals surface area (Å²) >= 11 is 0. The lowest BCUT2D eigenvalue weighted by Crippen LogP contribution is -2.23. The molecule has 1 aliphatic rings. The number of carbonyl (C=O) groups is 1. The second kappa shape index (κ2) is 8.73. The molecule has 3 rings (SSSR count). The van der Waals surface area contributed by atoms with E-state index in [1.165, 1.54) is 26.4 Å². The Hall–Kier alpha value is -2.45. The van der Waals surface area contributed by atoms with E-state index in [0.29, 0.717) is 34.4 Å². The van der Waals surface area contributed by atoms with Crippen LogP contribution in [-0.4, -0.2) is 41.0 Å². The fraction of sp³-hybridized carbons (Fsp3) is 0.409. The predicted octanol–water partition coefficient (Wildman–Crippen LogP) is 4.15. The zero-order valence-corrected chi connectivity index (χ0v) is 18.2. The lowest BCUT2D eigenvalue weighted by molar-refractivity contribution is 0.0600. The number of hydrogen-bond acceptors (Lipinski definition) is 6. The molecular formula is C22H25FO6S. The number of rotatable bonds is 6. The molecule has 0 N–H and O–H groups in total. The average Bonchev–Trinajstić information content (AvgIpc) is 3.05. The number of benzene rings is 2. The maximum absolute atomic E-state index is 14.8. The van der Waals surface area contributed by atoms with Crippen LogP contribution in [0.4, 0.5) is 4.39 Å². The van der Waals surface area contributed by atoms with Crippen molar-refractivity contribution in [3.05, 3.63) is 53.3 Å². The van der Waals surface area contributed by atoms with Gasteiger partial charge in [-0.3, -0.25) is 4.18 Å². The molecule has 1 aliphatic carbocycles. The topological polar surface area (TPSA) is 78.9 Å². The molecule has 1 fully saturated rings. The molecule has 6 nitrogen and oxygen atoms in total. The van der Waals surface area contributed by atoms with Gasteiger partial charge in [0.25, 0.3) is 10.1 Å². The SMILES string of the molecule is COC(=O)c1ccc(-c2cc(OC)ccc2F)c(C2C(C)CCC2OS(C)(=O)=O)c1. The Morgan fingerprint density at radius 2 is 1.80 bits per heavy atom. The summed E-state index contributed by atoms with van der Waals surface area (Å²) in [6, 6.07) is 9.28. The van der Waals surface area contributed by atoms with Gasteiger partial charge >= 0.3 is 5.97 Å². The first kappa shape index (κ1) is 22.2. The fourth-order valence-corrected chi connectivity index (χ4v) is 4.82. The van der Waals surface area contributed by atoms with Crippen molar-refractivity contribution in [1.82, 2.24) is 0 Å². The second-order valence-electron chi connectivity index (χ2n) is 7.56. The standard InChI is InChI=1S/C22H25FO6S/c1-13-5-10-20(29-30(4,25)26)21(13)18-11-14(22(24)28-3)6-8-16(18)17-12-15(27-2)7-9-19(17)23/h6-9,11-13,20-21H,5,10H2,1-4H3. The minimum atomic E-state index is -3.69. The van der Waals surface area contributed by atoms with Crippen LogP contribution in [0.3, 0.4) is 0 Å². The Bertz CT molecular complexity index is 1050. The molecule has 3 atom stereocenters. The van der Waals surface area contributed by atoms with Gasteiger partial charge in [-0.05, 0) is 60.2 Å². The predicted molar refractivity (Wildman–Crippen MR) is 111 cm³/mol. The molecule has 0 saturated heterocycles. The van der Waals surface area contributed by atoms with E-state index in [2.05, 4.69) is 0 Å². The minimum Gasteiger partial charge on any atom is -0.497 e. The van der Waals surface area contributed by atoms with E-state index in [4.69, 9.17) is 13.7 Å². The maximum Gasteiger partial charge on any atom is 0.337 e. The van der Waals surface area contributed by atoms with Crippen LogP contribution in [0.1, 0.15) is 41.6 Å². The first-order valence-electron chi connectivity index (χ1n) is 9.59. The fourth-order valence-electron chi connectivity index (χ4n) is 4.16. The Labute approximate surface area is 176 Å². The van der Waals surface area contributed by atoms with Crippen LogP contribution < -0.4 is 4.74 Å². The van der Waals surface area contributed by atoms with Crippen LogP contribution >= 0.6 is 0 Å². The van der Waals surface area contributed by atoms with Crippen LogP contribution in [0.5, 0.6) is 5.75 Å². The summed E-state index contributed by atoms with van der Waals surface area (Å²) in [5.74, 6) is -0.769. The second-order valence-corrected chi connectivity index (χ2v) is 9.16. The highest BCUT2D eigenvalue weighted by Gasteiger charge is 2.39. The van der Waals surface area contributed by atoms with Gasteiger partial charge in [0.05, 0.1) is 32.1 Å². The van der Waals surface area contributed by atoms with Crippen molar-refractivity contribution in [2.75, 3.05) is 20.5 Å². The Morgan fingerprint density at radius 3 is 2.43 bits per heavy atom. The molecule has 2 aromatic carbocycles. The third-order valence-electron chi connectivity index (χ3n) is 5.51. The smallest absolute Gasteiger partial charge is 0.337 e. The van der Waals surface area contributed by atoms with E-state index in [1.54, 1.807) is 24.3 Å². The summed E-state index contributed by atoms with van der Waals surface area (Å²) in [6.07, 6.45) is 1.70. The van der Waals surface area contributed by atoms with Crippen molar-refractivity contribution in [1.29, 1.82) is 0 Å². The molecule has 0 radical (unpaired) electrons. The summed E-state index contributed by atoms with van der Waals surface area (Å²) in [5, 5.41) is 0. The van der Waals surface area contributed by atoms with Gasteiger partial charge in [-0.15, -0.1) is 0 Å². The van der Waals surface area contributed by atoms with E-state index in [1.807, 2.05) is 6.92 Å². The van der Waals surface area contributed by atoms with Crippen LogP contribution in [0, 0.1) is 11.7 Å².